The molecule has 2 nitrogen and oxygen atoms in total. The molecule has 1 aliphatic heterocycles. The van der Waals surface area contributed by atoms with Gasteiger partial charge in [0.25, 0.3) is 0 Å². The summed E-state index contributed by atoms with van der Waals surface area (Å²) in [6.07, 6.45) is 2.67. The third-order valence-corrected chi connectivity index (χ3v) is 3.85. The third kappa shape index (κ3) is 3.30. The van der Waals surface area contributed by atoms with Crippen LogP contribution >= 0.6 is 0 Å². The lowest BCUT2D eigenvalue weighted by Crippen LogP contribution is -2.38. The predicted molar refractivity (Wildman–Crippen MR) is 73.1 cm³/mol. The molecule has 0 bridgehead atoms. The molecular formula is C15H24N2. The molecule has 1 N–H and O–H groups in total. The number of hydrogen-bond acceptors (Lipinski definition) is 2. The minimum atomic E-state index is 0.517. The topological polar surface area (TPSA) is 15.3 Å². The van der Waals surface area contributed by atoms with Crippen molar-refractivity contribution in [1.29, 1.82) is 0 Å². The highest BCUT2D eigenvalue weighted by atomic mass is 15.2. The van der Waals surface area contributed by atoms with Gasteiger partial charge in [0.2, 0.25) is 0 Å². The number of nitrogens with one attached hydrogen (secondary N) is 1. The van der Waals surface area contributed by atoms with Gasteiger partial charge in [0.1, 0.15) is 0 Å². The van der Waals surface area contributed by atoms with Gasteiger partial charge >= 0.3 is 0 Å². The molecule has 1 aromatic carbocycles. The van der Waals surface area contributed by atoms with Gasteiger partial charge in [0, 0.05) is 18.6 Å². The Labute approximate surface area is 105 Å². The summed E-state index contributed by atoms with van der Waals surface area (Å²) in [6.45, 7) is 8.06. The van der Waals surface area contributed by atoms with Gasteiger partial charge in [-0.2, -0.15) is 0 Å². The van der Waals surface area contributed by atoms with Gasteiger partial charge in [0.05, 0.1) is 0 Å². The van der Waals surface area contributed by atoms with Crippen LogP contribution in [0.2, 0.25) is 0 Å². The van der Waals surface area contributed by atoms with Gasteiger partial charge in [0.15, 0.2) is 0 Å². The Bertz CT molecular complexity index is 317. The zero-order valence-corrected chi connectivity index (χ0v) is 11.0. The first-order valence-electron chi connectivity index (χ1n) is 6.83. The first kappa shape index (κ1) is 12.6. The predicted octanol–water partition coefficient (Wildman–Crippen LogP) is 2.82. The van der Waals surface area contributed by atoms with Crippen LogP contribution in [0.3, 0.4) is 0 Å². The molecule has 1 saturated heterocycles. The van der Waals surface area contributed by atoms with E-state index in [0.29, 0.717) is 12.1 Å². The number of hydrogen-bond donors (Lipinski definition) is 1. The summed E-state index contributed by atoms with van der Waals surface area (Å²) < 4.78 is 0. The Balaban J connectivity index is 1.97. The van der Waals surface area contributed by atoms with Gasteiger partial charge in [-0.3, -0.25) is 4.90 Å². The van der Waals surface area contributed by atoms with Crippen LogP contribution in [0.4, 0.5) is 0 Å². The summed E-state index contributed by atoms with van der Waals surface area (Å²) in [4.78, 5) is 2.57. The van der Waals surface area contributed by atoms with Gasteiger partial charge in [-0.1, -0.05) is 37.3 Å². The van der Waals surface area contributed by atoms with Crippen LogP contribution in [-0.4, -0.2) is 30.6 Å². The van der Waals surface area contributed by atoms with E-state index in [1.54, 1.807) is 0 Å². The summed E-state index contributed by atoms with van der Waals surface area (Å²) in [5.41, 5.74) is 1.42. The van der Waals surface area contributed by atoms with Crippen LogP contribution in [0.15, 0.2) is 30.3 Å². The largest absolute Gasteiger partial charge is 0.313 e. The van der Waals surface area contributed by atoms with E-state index >= 15 is 0 Å². The quantitative estimate of drug-likeness (QED) is 0.840. The lowest BCUT2D eigenvalue weighted by atomic mass is 10.1. The zero-order chi connectivity index (χ0) is 12.1. The first-order valence-corrected chi connectivity index (χ1v) is 6.83. The molecule has 17 heavy (non-hydrogen) atoms. The average Bonchev–Trinajstić information content (AvgIpc) is 2.89. The molecule has 0 aromatic heterocycles. The smallest absolute Gasteiger partial charge is 0.0320 e. The van der Waals surface area contributed by atoms with E-state index in [1.807, 2.05) is 0 Å². The minimum absolute atomic E-state index is 0.517. The fourth-order valence-electron chi connectivity index (χ4n) is 2.70. The van der Waals surface area contributed by atoms with Crippen molar-refractivity contribution in [2.24, 2.45) is 0 Å². The average molecular weight is 232 g/mol. The second-order valence-electron chi connectivity index (χ2n) is 4.97. The highest BCUT2D eigenvalue weighted by Gasteiger charge is 2.20. The summed E-state index contributed by atoms with van der Waals surface area (Å²) >= 11 is 0. The summed E-state index contributed by atoms with van der Waals surface area (Å²) in [7, 11) is 0. The van der Waals surface area contributed by atoms with Crippen molar-refractivity contribution >= 4 is 0 Å². The molecule has 0 saturated carbocycles. The van der Waals surface area contributed by atoms with Crippen molar-refractivity contribution in [1.82, 2.24) is 10.2 Å². The Kier molecular flexibility index (Phi) is 4.57. The SMILES string of the molecule is CCN(CC1CCCN1)C(C)c1ccccc1. The Morgan fingerprint density at radius 3 is 2.71 bits per heavy atom. The van der Waals surface area contributed by atoms with E-state index in [2.05, 4.69) is 54.4 Å². The second-order valence-corrected chi connectivity index (χ2v) is 4.97. The highest BCUT2D eigenvalue weighted by Crippen LogP contribution is 2.21. The highest BCUT2D eigenvalue weighted by molar-refractivity contribution is 5.18. The molecule has 0 aliphatic carbocycles. The molecule has 2 heteroatoms. The lowest BCUT2D eigenvalue weighted by molar-refractivity contribution is 0.202. The third-order valence-electron chi connectivity index (χ3n) is 3.85. The molecule has 1 aromatic rings. The fraction of sp³-hybridized carbons (Fsp3) is 0.600. The monoisotopic (exact) mass is 232 g/mol. The summed E-state index contributed by atoms with van der Waals surface area (Å²) in [6, 6.07) is 12.0. The maximum absolute atomic E-state index is 3.59. The number of nitrogens with zero attached hydrogens (tertiary/aromatic N) is 1. The van der Waals surface area contributed by atoms with E-state index in [9.17, 15) is 0 Å². The molecule has 0 radical (unpaired) electrons. The molecule has 0 amide bonds. The molecule has 2 unspecified atom stereocenters. The van der Waals surface area contributed by atoms with Gasteiger partial charge < -0.3 is 5.32 Å². The number of rotatable bonds is 5. The van der Waals surface area contributed by atoms with E-state index in [1.165, 1.54) is 31.5 Å². The van der Waals surface area contributed by atoms with Gasteiger partial charge in [-0.15, -0.1) is 0 Å². The van der Waals surface area contributed by atoms with Crippen LogP contribution in [0, 0.1) is 0 Å². The lowest BCUT2D eigenvalue weighted by Gasteiger charge is -2.30. The number of likely N-dealkylation sites (N-methyl/N-ethyl adjacent to an activating group) is 1. The summed E-state index contributed by atoms with van der Waals surface area (Å²) in [5, 5.41) is 3.59. The Hall–Kier alpha value is -0.860. The molecular weight excluding hydrogens is 208 g/mol. The first-order chi connectivity index (χ1) is 8.31. The van der Waals surface area contributed by atoms with Crippen LogP contribution in [0.1, 0.15) is 38.3 Å². The summed E-state index contributed by atoms with van der Waals surface area (Å²) in [5.74, 6) is 0. The number of benzene rings is 1. The molecule has 1 aliphatic rings. The van der Waals surface area contributed by atoms with Crippen molar-refractivity contribution in [3.05, 3.63) is 35.9 Å². The standard InChI is InChI=1S/C15H24N2/c1-3-17(12-15-10-7-11-16-15)13(2)14-8-5-4-6-9-14/h4-6,8-9,13,15-16H,3,7,10-12H2,1-2H3. The molecule has 1 heterocycles. The van der Waals surface area contributed by atoms with Crippen LogP contribution in [0.25, 0.3) is 0 Å². The maximum Gasteiger partial charge on any atom is 0.0320 e. The van der Waals surface area contributed by atoms with Crippen molar-refractivity contribution in [3.8, 4) is 0 Å². The minimum Gasteiger partial charge on any atom is -0.313 e. The van der Waals surface area contributed by atoms with E-state index in [0.717, 1.165) is 6.54 Å². The van der Waals surface area contributed by atoms with Crippen molar-refractivity contribution in [2.45, 2.75) is 38.8 Å². The second kappa shape index (κ2) is 6.18. The molecule has 94 valence electrons. The van der Waals surface area contributed by atoms with Crippen molar-refractivity contribution in [3.63, 3.8) is 0 Å². The fourth-order valence-corrected chi connectivity index (χ4v) is 2.70. The van der Waals surface area contributed by atoms with Crippen molar-refractivity contribution in [2.75, 3.05) is 19.6 Å². The van der Waals surface area contributed by atoms with Crippen molar-refractivity contribution < 1.29 is 0 Å². The maximum atomic E-state index is 3.59. The normalized spacial score (nSPS) is 21.9. The van der Waals surface area contributed by atoms with E-state index < -0.39 is 0 Å². The van der Waals surface area contributed by atoms with Crippen LogP contribution in [-0.2, 0) is 0 Å². The van der Waals surface area contributed by atoms with Crippen LogP contribution in [0.5, 0.6) is 0 Å². The molecule has 0 spiro atoms. The van der Waals surface area contributed by atoms with E-state index in [4.69, 9.17) is 0 Å². The Morgan fingerprint density at radius 2 is 2.12 bits per heavy atom. The van der Waals surface area contributed by atoms with Crippen LogP contribution < -0.4 is 5.32 Å². The van der Waals surface area contributed by atoms with Gasteiger partial charge in [-0.05, 0) is 38.4 Å². The molecule has 2 atom stereocenters. The Morgan fingerprint density at radius 1 is 1.35 bits per heavy atom. The van der Waals surface area contributed by atoms with Gasteiger partial charge in [-0.25, -0.2) is 0 Å². The zero-order valence-electron chi connectivity index (χ0n) is 11.0. The van der Waals surface area contributed by atoms with E-state index in [-0.39, 0.29) is 0 Å². The molecule has 1 fully saturated rings. The molecule has 2 rings (SSSR count).